The highest BCUT2D eigenvalue weighted by atomic mass is 16.1. The minimum absolute atomic E-state index is 0.355. The number of benzene rings is 1. The maximum Gasteiger partial charge on any atom is 0.250 e. The first-order valence-electron chi connectivity index (χ1n) is 5.04. The Balaban J connectivity index is 2.41. The molecule has 5 nitrogen and oxygen atoms in total. The van der Waals surface area contributed by atoms with Gasteiger partial charge >= 0.3 is 0 Å². The van der Waals surface area contributed by atoms with E-state index in [1.807, 2.05) is 6.07 Å². The number of nitrogens with one attached hydrogen (secondary N) is 1. The van der Waals surface area contributed by atoms with E-state index in [-0.39, 0.29) is 0 Å². The second-order valence-corrected chi connectivity index (χ2v) is 3.50. The van der Waals surface area contributed by atoms with Gasteiger partial charge in [-0.1, -0.05) is 6.07 Å². The van der Waals surface area contributed by atoms with Gasteiger partial charge in [-0.05, 0) is 24.3 Å². The van der Waals surface area contributed by atoms with E-state index in [1.165, 1.54) is 0 Å². The molecule has 5 N–H and O–H groups in total. The van der Waals surface area contributed by atoms with Crippen molar-refractivity contribution in [1.29, 1.82) is 0 Å². The highest BCUT2D eigenvalue weighted by molar-refractivity contribution is 6.02. The molecule has 1 amide bonds. The highest BCUT2D eigenvalue weighted by Gasteiger charge is 2.10. The average Bonchev–Trinajstić information content (AvgIpc) is 2.33. The number of hydrogen-bond donors (Lipinski definition) is 3. The third-order valence-corrected chi connectivity index (χ3v) is 2.29. The second-order valence-electron chi connectivity index (χ2n) is 3.50. The number of carbonyl (C=O) groups excluding carboxylic acids is 1. The zero-order valence-corrected chi connectivity index (χ0v) is 9.05. The van der Waals surface area contributed by atoms with E-state index in [0.29, 0.717) is 16.9 Å². The molecule has 2 rings (SSSR count). The third-order valence-electron chi connectivity index (χ3n) is 2.29. The molecule has 0 spiro atoms. The van der Waals surface area contributed by atoms with Gasteiger partial charge in [-0.25, -0.2) is 0 Å². The van der Waals surface area contributed by atoms with Crippen LogP contribution in [0.15, 0.2) is 42.7 Å². The fourth-order valence-electron chi connectivity index (χ4n) is 1.50. The first-order valence-corrected chi connectivity index (χ1v) is 5.04. The smallest absolute Gasteiger partial charge is 0.250 e. The molecule has 0 atom stereocenters. The van der Waals surface area contributed by atoms with Gasteiger partial charge in [-0.3, -0.25) is 9.78 Å². The number of primary amides is 1. The van der Waals surface area contributed by atoms with E-state index in [0.717, 1.165) is 5.69 Å². The van der Waals surface area contributed by atoms with Crippen molar-refractivity contribution in [2.75, 3.05) is 11.1 Å². The molecule has 0 aliphatic heterocycles. The van der Waals surface area contributed by atoms with Gasteiger partial charge in [-0.2, -0.15) is 0 Å². The number of para-hydroxylation sites is 1. The minimum atomic E-state index is -0.524. The first kappa shape index (κ1) is 10.9. The van der Waals surface area contributed by atoms with Crippen molar-refractivity contribution in [3.05, 3.63) is 48.3 Å². The molecule has 0 bridgehead atoms. The lowest BCUT2D eigenvalue weighted by atomic mass is 10.1. The van der Waals surface area contributed by atoms with Gasteiger partial charge in [0.25, 0.3) is 5.91 Å². The molecular weight excluding hydrogens is 216 g/mol. The van der Waals surface area contributed by atoms with Crippen LogP contribution in [-0.2, 0) is 0 Å². The van der Waals surface area contributed by atoms with Crippen LogP contribution in [0.5, 0.6) is 0 Å². The van der Waals surface area contributed by atoms with Crippen LogP contribution in [0.3, 0.4) is 0 Å². The second kappa shape index (κ2) is 4.52. The SMILES string of the molecule is NC(=O)c1cccc(N)c1Nc1cccnc1. The normalized spacial score (nSPS) is 9.88. The number of nitrogens with two attached hydrogens (primary N) is 2. The quantitative estimate of drug-likeness (QED) is 0.694. The van der Waals surface area contributed by atoms with Crippen LogP contribution in [0, 0.1) is 0 Å². The Morgan fingerprint density at radius 3 is 2.71 bits per heavy atom. The molecule has 0 unspecified atom stereocenters. The summed E-state index contributed by atoms with van der Waals surface area (Å²) >= 11 is 0. The highest BCUT2D eigenvalue weighted by Crippen LogP contribution is 2.26. The number of aromatic nitrogens is 1. The van der Waals surface area contributed by atoms with Gasteiger partial charge in [0.2, 0.25) is 0 Å². The lowest BCUT2D eigenvalue weighted by molar-refractivity contribution is 0.100. The van der Waals surface area contributed by atoms with Crippen LogP contribution in [0.2, 0.25) is 0 Å². The number of amides is 1. The zero-order valence-electron chi connectivity index (χ0n) is 9.05. The largest absolute Gasteiger partial charge is 0.397 e. The Morgan fingerprint density at radius 2 is 2.06 bits per heavy atom. The lowest BCUT2D eigenvalue weighted by Gasteiger charge is -2.12. The molecule has 0 aliphatic rings. The van der Waals surface area contributed by atoms with E-state index in [1.54, 1.807) is 36.7 Å². The standard InChI is InChI=1S/C12H12N4O/c13-10-5-1-4-9(12(14)17)11(10)16-8-3-2-6-15-7-8/h1-7,16H,13H2,(H2,14,17). The summed E-state index contributed by atoms with van der Waals surface area (Å²) in [7, 11) is 0. The van der Waals surface area contributed by atoms with Gasteiger partial charge in [0.1, 0.15) is 0 Å². The molecule has 0 saturated carbocycles. The molecule has 0 fully saturated rings. The van der Waals surface area contributed by atoms with Crippen molar-refractivity contribution in [3.8, 4) is 0 Å². The number of rotatable bonds is 3. The van der Waals surface area contributed by atoms with Crippen molar-refractivity contribution < 1.29 is 4.79 Å². The number of carbonyl (C=O) groups is 1. The fraction of sp³-hybridized carbons (Fsp3) is 0. The summed E-state index contributed by atoms with van der Waals surface area (Å²) in [4.78, 5) is 15.2. The zero-order chi connectivity index (χ0) is 12.3. The molecule has 0 aliphatic carbocycles. The van der Waals surface area contributed by atoms with Crippen LogP contribution in [0.25, 0.3) is 0 Å². The van der Waals surface area contributed by atoms with Gasteiger partial charge in [0, 0.05) is 6.20 Å². The Morgan fingerprint density at radius 1 is 1.24 bits per heavy atom. The minimum Gasteiger partial charge on any atom is -0.397 e. The molecule has 2 aromatic rings. The summed E-state index contributed by atoms with van der Waals surface area (Å²) in [6, 6.07) is 8.61. The number of hydrogen-bond acceptors (Lipinski definition) is 4. The molecule has 0 radical (unpaired) electrons. The average molecular weight is 228 g/mol. The molecular formula is C12H12N4O. The lowest BCUT2D eigenvalue weighted by Crippen LogP contribution is -2.14. The Hall–Kier alpha value is -2.56. The molecule has 17 heavy (non-hydrogen) atoms. The predicted octanol–water partition coefficient (Wildman–Crippen LogP) is 1.51. The summed E-state index contributed by atoms with van der Waals surface area (Å²) in [5, 5.41) is 3.03. The topological polar surface area (TPSA) is 94.0 Å². The predicted molar refractivity (Wildman–Crippen MR) is 66.9 cm³/mol. The van der Waals surface area contributed by atoms with Crippen LogP contribution >= 0.6 is 0 Å². The van der Waals surface area contributed by atoms with Crippen molar-refractivity contribution >= 4 is 23.0 Å². The number of pyridine rings is 1. The molecule has 1 heterocycles. The van der Waals surface area contributed by atoms with Crippen LogP contribution in [0.1, 0.15) is 10.4 Å². The number of anilines is 3. The van der Waals surface area contributed by atoms with Crippen molar-refractivity contribution in [3.63, 3.8) is 0 Å². The maximum absolute atomic E-state index is 11.3. The van der Waals surface area contributed by atoms with Gasteiger partial charge in [0.05, 0.1) is 28.8 Å². The number of nitrogens with zero attached hydrogens (tertiary/aromatic N) is 1. The summed E-state index contributed by atoms with van der Waals surface area (Å²) < 4.78 is 0. The molecule has 86 valence electrons. The first-order chi connectivity index (χ1) is 8.18. The molecule has 0 saturated heterocycles. The summed E-state index contributed by atoms with van der Waals surface area (Å²) in [5.41, 5.74) is 13.2. The van der Waals surface area contributed by atoms with E-state index in [2.05, 4.69) is 10.3 Å². The van der Waals surface area contributed by atoms with Gasteiger partial charge < -0.3 is 16.8 Å². The van der Waals surface area contributed by atoms with Crippen molar-refractivity contribution in [1.82, 2.24) is 4.98 Å². The Labute approximate surface area is 98.5 Å². The van der Waals surface area contributed by atoms with Gasteiger partial charge in [0.15, 0.2) is 0 Å². The molecule has 1 aromatic heterocycles. The Bertz CT molecular complexity index is 539. The third kappa shape index (κ3) is 2.34. The van der Waals surface area contributed by atoms with Crippen molar-refractivity contribution in [2.45, 2.75) is 0 Å². The monoisotopic (exact) mass is 228 g/mol. The van der Waals surface area contributed by atoms with E-state index < -0.39 is 5.91 Å². The van der Waals surface area contributed by atoms with Crippen LogP contribution < -0.4 is 16.8 Å². The van der Waals surface area contributed by atoms with Crippen molar-refractivity contribution in [2.24, 2.45) is 5.73 Å². The van der Waals surface area contributed by atoms with E-state index in [9.17, 15) is 4.79 Å². The molecule has 1 aromatic carbocycles. The molecule has 5 heteroatoms. The summed E-state index contributed by atoms with van der Waals surface area (Å²) in [6.45, 7) is 0. The summed E-state index contributed by atoms with van der Waals surface area (Å²) in [5.74, 6) is -0.524. The number of nitrogen functional groups attached to an aromatic ring is 1. The van der Waals surface area contributed by atoms with Crippen LogP contribution in [-0.4, -0.2) is 10.9 Å². The Kier molecular flexibility index (Phi) is 2.91. The maximum atomic E-state index is 11.3. The fourth-order valence-corrected chi connectivity index (χ4v) is 1.50. The van der Waals surface area contributed by atoms with E-state index in [4.69, 9.17) is 11.5 Å². The van der Waals surface area contributed by atoms with Gasteiger partial charge in [-0.15, -0.1) is 0 Å². The summed E-state index contributed by atoms with van der Waals surface area (Å²) in [6.07, 6.45) is 3.30. The van der Waals surface area contributed by atoms with Crippen LogP contribution in [0.4, 0.5) is 17.1 Å². The van der Waals surface area contributed by atoms with E-state index >= 15 is 0 Å².